The van der Waals surface area contributed by atoms with Gasteiger partial charge in [0.25, 0.3) is 0 Å². The van der Waals surface area contributed by atoms with E-state index in [9.17, 15) is 5.11 Å². The van der Waals surface area contributed by atoms with E-state index in [1.807, 2.05) is 30.3 Å². The SMILES string of the molecule is N[C@H](Cc1ccccc1)[C@H](O)[C@H](N)CC1CCCCC1. The van der Waals surface area contributed by atoms with Crippen LogP contribution in [-0.2, 0) is 6.42 Å². The topological polar surface area (TPSA) is 72.3 Å². The van der Waals surface area contributed by atoms with Crippen molar-refractivity contribution in [1.82, 2.24) is 0 Å². The Bertz CT molecular complexity index is 376. The van der Waals surface area contributed by atoms with Crippen LogP contribution >= 0.6 is 0 Å². The molecule has 0 heterocycles. The van der Waals surface area contributed by atoms with Crippen LogP contribution in [-0.4, -0.2) is 23.3 Å². The molecule has 1 saturated carbocycles. The molecule has 0 aromatic heterocycles. The summed E-state index contributed by atoms with van der Waals surface area (Å²) < 4.78 is 0. The van der Waals surface area contributed by atoms with Crippen molar-refractivity contribution >= 4 is 0 Å². The van der Waals surface area contributed by atoms with Crippen molar-refractivity contribution in [2.45, 2.75) is 63.1 Å². The molecule has 3 atom stereocenters. The van der Waals surface area contributed by atoms with Crippen LogP contribution in [0, 0.1) is 5.92 Å². The second-order valence-corrected chi connectivity index (χ2v) is 6.25. The normalized spacial score (nSPS) is 21.4. The number of nitrogens with two attached hydrogens (primary N) is 2. The van der Waals surface area contributed by atoms with Gasteiger partial charge in [0.05, 0.1) is 6.10 Å². The summed E-state index contributed by atoms with van der Waals surface area (Å²) in [6.07, 6.45) is 7.46. The average molecular weight is 276 g/mol. The quantitative estimate of drug-likeness (QED) is 0.746. The Labute approximate surface area is 122 Å². The fourth-order valence-electron chi connectivity index (χ4n) is 3.27. The smallest absolute Gasteiger partial charge is 0.0844 e. The molecule has 0 radical (unpaired) electrons. The monoisotopic (exact) mass is 276 g/mol. The highest BCUT2D eigenvalue weighted by Crippen LogP contribution is 2.27. The minimum Gasteiger partial charge on any atom is -0.390 e. The molecule has 0 saturated heterocycles. The summed E-state index contributed by atoms with van der Waals surface area (Å²) in [5.41, 5.74) is 13.5. The highest BCUT2D eigenvalue weighted by molar-refractivity contribution is 5.16. The van der Waals surface area contributed by atoms with Crippen molar-refractivity contribution < 1.29 is 5.11 Å². The van der Waals surface area contributed by atoms with Gasteiger partial charge < -0.3 is 16.6 Å². The summed E-state index contributed by atoms with van der Waals surface area (Å²) in [7, 11) is 0. The fourth-order valence-corrected chi connectivity index (χ4v) is 3.27. The van der Waals surface area contributed by atoms with Crippen LogP contribution in [0.5, 0.6) is 0 Å². The van der Waals surface area contributed by atoms with Crippen LogP contribution in [0.2, 0.25) is 0 Å². The lowest BCUT2D eigenvalue weighted by Gasteiger charge is -2.29. The van der Waals surface area contributed by atoms with E-state index < -0.39 is 6.10 Å². The Morgan fingerprint density at radius 3 is 2.30 bits per heavy atom. The highest BCUT2D eigenvalue weighted by Gasteiger charge is 2.25. The molecular formula is C17H28N2O. The van der Waals surface area contributed by atoms with Crippen LogP contribution in [0.3, 0.4) is 0 Å². The molecule has 1 fully saturated rings. The lowest BCUT2D eigenvalue weighted by molar-refractivity contribution is 0.101. The van der Waals surface area contributed by atoms with E-state index in [2.05, 4.69) is 0 Å². The third kappa shape index (κ3) is 4.58. The number of hydrogen-bond acceptors (Lipinski definition) is 3. The molecule has 0 spiro atoms. The molecule has 0 amide bonds. The van der Waals surface area contributed by atoms with E-state index in [4.69, 9.17) is 11.5 Å². The molecule has 3 nitrogen and oxygen atoms in total. The molecular weight excluding hydrogens is 248 g/mol. The minimum atomic E-state index is -0.614. The van der Waals surface area contributed by atoms with Gasteiger partial charge in [0.1, 0.15) is 0 Å². The molecule has 0 aliphatic heterocycles. The van der Waals surface area contributed by atoms with Gasteiger partial charge in [0.15, 0.2) is 0 Å². The van der Waals surface area contributed by atoms with Gasteiger partial charge in [-0.2, -0.15) is 0 Å². The van der Waals surface area contributed by atoms with Gasteiger partial charge >= 0.3 is 0 Å². The predicted molar refractivity (Wildman–Crippen MR) is 83.3 cm³/mol. The van der Waals surface area contributed by atoms with E-state index >= 15 is 0 Å². The summed E-state index contributed by atoms with van der Waals surface area (Å²) >= 11 is 0. The van der Waals surface area contributed by atoms with E-state index in [1.165, 1.54) is 32.1 Å². The lowest BCUT2D eigenvalue weighted by Crippen LogP contribution is -2.49. The van der Waals surface area contributed by atoms with Crippen LogP contribution in [0.4, 0.5) is 0 Å². The zero-order valence-corrected chi connectivity index (χ0v) is 12.2. The maximum Gasteiger partial charge on any atom is 0.0844 e. The summed E-state index contributed by atoms with van der Waals surface area (Å²) in [6.45, 7) is 0. The summed E-state index contributed by atoms with van der Waals surface area (Å²) in [6, 6.07) is 9.58. The molecule has 0 bridgehead atoms. The third-order valence-corrected chi connectivity index (χ3v) is 4.52. The molecule has 112 valence electrons. The number of benzene rings is 1. The fraction of sp³-hybridized carbons (Fsp3) is 0.647. The number of hydrogen-bond donors (Lipinski definition) is 3. The zero-order valence-electron chi connectivity index (χ0n) is 12.2. The Balaban J connectivity index is 1.80. The van der Waals surface area contributed by atoms with E-state index in [0.29, 0.717) is 12.3 Å². The van der Waals surface area contributed by atoms with E-state index in [0.717, 1.165) is 12.0 Å². The number of rotatable bonds is 6. The van der Waals surface area contributed by atoms with Gasteiger partial charge in [-0.25, -0.2) is 0 Å². The lowest BCUT2D eigenvalue weighted by atomic mass is 9.82. The first-order valence-electron chi connectivity index (χ1n) is 7.90. The molecule has 1 aromatic carbocycles. The van der Waals surface area contributed by atoms with Gasteiger partial charge in [0, 0.05) is 12.1 Å². The molecule has 5 N–H and O–H groups in total. The van der Waals surface area contributed by atoms with Gasteiger partial charge in [-0.1, -0.05) is 62.4 Å². The molecule has 3 heteroatoms. The molecule has 0 unspecified atom stereocenters. The Morgan fingerprint density at radius 2 is 1.65 bits per heavy atom. The molecule has 1 aromatic rings. The van der Waals surface area contributed by atoms with Crippen molar-refractivity contribution in [1.29, 1.82) is 0 Å². The second kappa shape index (κ2) is 7.77. The maximum atomic E-state index is 10.3. The van der Waals surface area contributed by atoms with E-state index in [1.54, 1.807) is 0 Å². The van der Waals surface area contributed by atoms with Gasteiger partial charge in [-0.3, -0.25) is 0 Å². The maximum absolute atomic E-state index is 10.3. The largest absolute Gasteiger partial charge is 0.390 e. The summed E-state index contributed by atoms with van der Waals surface area (Å²) in [5.74, 6) is 0.678. The Kier molecular flexibility index (Phi) is 6.02. The highest BCUT2D eigenvalue weighted by atomic mass is 16.3. The second-order valence-electron chi connectivity index (χ2n) is 6.25. The first-order chi connectivity index (χ1) is 9.66. The molecule has 1 aliphatic carbocycles. The first-order valence-corrected chi connectivity index (χ1v) is 7.90. The molecule has 20 heavy (non-hydrogen) atoms. The van der Waals surface area contributed by atoms with Crippen LogP contribution in [0.25, 0.3) is 0 Å². The van der Waals surface area contributed by atoms with Crippen molar-refractivity contribution in [2.75, 3.05) is 0 Å². The molecule has 1 aliphatic rings. The zero-order chi connectivity index (χ0) is 14.4. The third-order valence-electron chi connectivity index (χ3n) is 4.52. The van der Waals surface area contributed by atoms with Gasteiger partial charge in [0.2, 0.25) is 0 Å². The molecule has 2 rings (SSSR count). The van der Waals surface area contributed by atoms with Gasteiger partial charge in [-0.05, 0) is 24.3 Å². The predicted octanol–water partition coefficient (Wildman–Crippen LogP) is 2.21. The van der Waals surface area contributed by atoms with Crippen molar-refractivity contribution in [3.63, 3.8) is 0 Å². The Morgan fingerprint density at radius 1 is 1.00 bits per heavy atom. The van der Waals surface area contributed by atoms with Crippen molar-refractivity contribution in [3.8, 4) is 0 Å². The minimum absolute atomic E-state index is 0.197. The van der Waals surface area contributed by atoms with E-state index in [-0.39, 0.29) is 12.1 Å². The summed E-state index contributed by atoms with van der Waals surface area (Å²) in [4.78, 5) is 0. The summed E-state index contributed by atoms with van der Waals surface area (Å²) in [5, 5.41) is 10.3. The number of aliphatic hydroxyl groups excluding tert-OH is 1. The average Bonchev–Trinajstić information content (AvgIpc) is 2.48. The van der Waals surface area contributed by atoms with Gasteiger partial charge in [-0.15, -0.1) is 0 Å². The standard InChI is InChI=1S/C17H28N2O/c18-15(11-13-7-3-1-4-8-13)17(20)16(19)12-14-9-5-2-6-10-14/h1,3-4,7-8,14-17,20H,2,5-6,9-12,18-19H2/t15-,16-,17+/m1/s1. The van der Waals surface area contributed by atoms with Crippen LogP contribution in [0.1, 0.15) is 44.1 Å². The van der Waals surface area contributed by atoms with Crippen molar-refractivity contribution in [3.05, 3.63) is 35.9 Å². The van der Waals surface area contributed by atoms with Crippen molar-refractivity contribution in [2.24, 2.45) is 17.4 Å². The number of aliphatic hydroxyl groups is 1. The Hall–Kier alpha value is -0.900. The first kappa shape index (κ1) is 15.5. The van der Waals surface area contributed by atoms with Crippen LogP contribution < -0.4 is 11.5 Å². The van der Waals surface area contributed by atoms with Crippen LogP contribution in [0.15, 0.2) is 30.3 Å².